The average molecular weight is 222 g/mol. The number of rotatable bonds is 11. The Morgan fingerprint density at radius 2 is 1.19 bits per heavy atom. The van der Waals surface area contributed by atoms with Crippen molar-refractivity contribution in [3.8, 4) is 0 Å². The van der Waals surface area contributed by atoms with Gasteiger partial charge >= 0.3 is 0 Å². The highest BCUT2D eigenvalue weighted by molar-refractivity contribution is 5.48. The van der Waals surface area contributed by atoms with E-state index in [0.717, 1.165) is 45.2 Å². The Labute approximate surface area is 98.7 Å². The van der Waals surface area contributed by atoms with Gasteiger partial charge in [-0.2, -0.15) is 0 Å². The number of hydrogen-bond acceptors (Lipinski definition) is 2. The fourth-order valence-electron chi connectivity index (χ4n) is 1.39. The summed E-state index contributed by atoms with van der Waals surface area (Å²) in [6.45, 7) is 12.7. The van der Waals surface area contributed by atoms with Crippen LogP contribution in [0.15, 0.2) is 38.3 Å². The van der Waals surface area contributed by atoms with Crippen LogP contribution in [0.25, 0.3) is 0 Å². The molecule has 0 spiro atoms. The van der Waals surface area contributed by atoms with E-state index < -0.39 is 0 Å². The van der Waals surface area contributed by atoms with E-state index in [2.05, 4.69) is 19.7 Å². The van der Waals surface area contributed by atoms with Crippen LogP contribution in [0.4, 0.5) is 0 Å². The fourth-order valence-corrected chi connectivity index (χ4v) is 1.39. The van der Waals surface area contributed by atoms with Crippen molar-refractivity contribution in [1.82, 2.24) is 9.80 Å². The molecule has 0 fully saturated rings. The molecular formula is C13H22N2O. The number of amides is 1. The molecule has 0 N–H and O–H groups in total. The van der Waals surface area contributed by atoms with Crippen LogP contribution in [-0.2, 0) is 4.79 Å². The fraction of sp³-hybridized carbons (Fsp3) is 0.462. The first-order chi connectivity index (χ1) is 7.78. The zero-order valence-electron chi connectivity index (χ0n) is 9.98. The smallest absolute Gasteiger partial charge is 0.213 e. The van der Waals surface area contributed by atoms with Gasteiger partial charge in [0.15, 0.2) is 0 Å². The van der Waals surface area contributed by atoms with Crippen LogP contribution in [0.5, 0.6) is 0 Å². The topological polar surface area (TPSA) is 23.6 Å². The van der Waals surface area contributed by atoms with E-state index in [1.54, 1.807) is 23.5 Å². The molecule has 0 aromatic heterocycles. The maximum Gasteiger partial charge on any atom is 0.213 e. The van der Waals surface area contributed by atoms with Crippen LogP contribution >= 0.6 is 0 Å². The second-order valence-electron chi connectivity index (χ2n) is 3.54. The lowest BCUT2D eigenvalue weighted by Crippen LogP contribution is -2.15. The molecule has 0 aromatic carbocycles. The summed E-state index contributed by atoms with van der Waals surface area (Å²) in [7, 11) is 0. The van der Waals surface area contributed by atoms with Crippen molar-refractivity contribution < 1.29 is 4.79 Å². The van der Waals surface area contributed by atoms with Crippen molar-refractivity contribution in [3.63, 3.8) is 0 Å². The van der Waals surface area contributed by atoms with Gasteiger partial charge in [0.25, 0.3) is 0 Å². The number of hydrogen-bond donors (Lipinski definition) is 0. The van der Waals surface area contributed by atoms with Crippen molar-refractivity contribution >= 4 is 6.41 Å². The van der Waals surface area contributed by atoms with Crippen LogP contribution in [0, 0.1) is 0 Å². The Kier molecular flexibility index (Phi) is 9.08. The number of carbonyl (C=O) groups excluding carboxylic acids is 1. The molecule has 0 saturated heterocycles. The Morgan fingerprint density at radius 1 is 0.750 bits per heavy atom. The first-order valence-corrected chi connectivity index (χ1v) is 5.63. The van der Waals surface area contributed by atoms with E-state index in [1.807, 2.05) is 4.90 Å². The molecule has 3 heteroatoms. The van der Waals surface area contributed by atoms with Crippen molar-refractivity contribution in [1.29, 1.82) is 0 Å². The van der Waals surface area contributed by atoms with Crippen molar-refractivity contribution in [2.24, 2.45) is 0 Å². The quantitative estimate of drug-likeness (QED) is 0.396. The highest BCUT2D eigenvalue weighted by atomic mass is 16.1. The minimum absolute atomic E-state index is 0.764. The summed E-state index contributed by atoms with van der Waals surface area (Å²) in [5.41, 5.74) is 0. The maximum absolute atomic E-state index is 10.4. The third-order valence-corrected chi connectivity index (χ3v) is 2.42. The molecule has 90 valence electrons. The molecule has 0 aromatic rings. The Balaban J connectivity index is 3.39. The predicted molar refractivity (Wildman–Crippen MR) is 68.5 cm³/mol. The molecule has 0 bridgehead atoms. The summed E-state index contributed by atoms with van der Waals surface area (Å²) in [4.78, 5) is 14.0. The Morgan fingerprint density at radius 3 is 1.56 bits per heavy atom. The molecular weight excluding hydrogens is 200 g/mol. The van der Waals surface area contributed by atoms with Crippen molar-refractivity contribution in [2.75, 3.05) is 13.1 Å². The summed E-state index contributed by atoms with van der Waals surface area (Å²) in [6.07, 6.45) is 10.3. The molecule has 3 nitrogen and oxygen atoms in total. The van der Waals surface area contributed by atoms with E-state index in [9.17, 15) is 4.79 Å². The molecule has 0 radical (unpaired) electrons. The minimum atomic E-state index is 0.764. The summed E-state index contributed by atoms with van der Waals surface area (Å²) >= 11 is 0. The summed E-state index contributed by atoms with van der Waals surface area (Å²) in [5.74, 6) is 0. The number of nitrogens with zero attached hydrogens (tertiary/aromatic N) is 2. The highest BCUT2D eigenvalue weighted by Gasteiger charge is 1.96. The average Bonchev–Trinajstić information content (AvgIpc) is 2.33. The zero-order valence-corrected chi connectivity index (χ0v) is 9.98. The summed E-state index contributed by atoms with van der Waals surface area (Å²) in [5, 5.41) is 0. The van der Waals surface area contributed by atoms with Crippen LogP contribution < -0.4 is 0 Å². The van der Waals surface area contributed by atoms with Gasteiger partial charge in [-0.05, 0) is 31.4 Å². The summed E-state index contributed by atoms with van der Waals surface area (Å²) < 4.78 is 0. The van der Waals surface area contributed by atoms with Gasteiger partial charge in [-0.15, -0.1) is 0 Å². The molecule has 0 rings (SSSR count). The molecule has 16 heavy (non-hydrogen) atoms. The maximum atomic E-state index is 10.4. The van der Waals surface area contributed by atoms with Gasteiger partial charge < -0.3 is 9.80 Å². The van der Waals surface area contributed by atoms with Gasteiger partial charge in [0, 0.05) is 13.1 Å². The monoisotopic (exact) mass is 222 g/mol. The van der Waals surface area contributed by atoms with Crippen LogP contribution in [0.2, 0.25) is 0 Å². The molecule has 0 unspecified atom stereocenters. The Bertz CT molecular complexity index is 186. The van der Waals surface area contributed by atoms with Gasteiger partial charge in [0.2, 0.25) is 6.41 Å². The molecule has 1 amide bonds. The minimum Gasteiger partial charge on any atom is -0.355 e. The lowest BCUT2D eigenvalue weighted by molar-refractivity contribution is -0.115. The largest absolute Gasteiger partial charge is 0.355 e. The molecule has 0 aliphatic carbocycles. The van der Waals surface area contributed by atoms with E-state index in [4.69, 9.17) is 0 Å². The molecule has 0 aliphatic heterocycles. The summed E-state index contributed by atoms with van der Waals surface area (Å²) in [6, 6.07) is 0. The van der Waals surface area contributed by atoms with E-state index in [1.165, 1.54) is 0 Å². The van der Waals surface area contributed by atoms with Crippen LogP contribution in [0.3, 0.4) is 0 Å². The third kappa shape index (κ3) is 6.87. The standard InChI is InChI=1S/C13H22N2O/c1-4-14(5-2)11-9-7-8-10-12-15(6-3)13-16/h4-6,13H,1-3,7-12H2. The van der Waals surface area contributed by atoms with Gasteiger partial charge in [-0.25, -0.2) is 0 Å². The molecule has 0 saturated carbocycles. The number of carbonyl (C=O) groups is 1. The third-order valence-electron chi connectivity index (χ3n) is 2.42. The van der Waals surface area contributed by atoms with Crippen LogP contribution in [0.1, 0.15) is 25.7 Å². The second-order valence-corrected chi connectivity index (χ2v) is 3.54. The van der Waals surface area contributed by atoms with Crippen LogP contribution in [-0.4, -0.2) is 29.3 Å². The van der Waals surface area contributed by atoms with E-state index >= 15 is 0 Å². The van der Waals surface area contributed by atoms with Gasteiger partial charge in [-0.1, -0.05) is 32.6 Å². The molecule has 0 atom stereocenters. The van der Waals surface area contributed by atoms with Gasteiger partial charge in [-0.3, -0.25) is 4.79 Å². The zero-order chi connectivity index (χ0) is 12.2. The lowest BCUT2D eigenvalue weighted by atomic mass is 10.2. The second kappa shape index (κ2) is 10.0. The SMILES string of the molecule is C=CN(C=C)CCCCCCN(C=C)C=O. The first kappa shape index (κ1) is 14.5. The first-order valence-electron chi connectivity index (χ1n) is 5.63. The van der Waals surface area contributed by atoms with Gasteiger partial charge in [0.05, 0.1) is 0 Å². The van der Waals surface area contributed by atoms with E-state index in [-0.39, 0.29) is 0 Å². The van der Waals surface area contributed by atoms with Crippen molar-refractivity contribution in [3.05, 3.63) is 38.3 Å². The van der Waals surface area contributed by atoms with E-state index in [0.29, 0.717) is 0 Å². The molecule has 0 heterocycles. The molecule has 0 aliphatic rings. The van der Waals surface area contributed by atoms with Crippen molar-refractivity contribution in [2.45, 2.75) is 25.7 Å². The normalized spacial score (nSPS) is 9.25. The number of unbranched alkanes of at least 4 members (excludes halogenated alkanes) is 3. The predicted octanol–water partition coefficient (Wildman–Crippen LogP) is 2.74. The van der Waals surface area contributed by atoms with Gasteiger partial charge in [0.1, 0.15) is 0 Å². The lowest BCUT2D eigenvalue weighted by Gasteiger charge is -2.14. The highest BCUT2D eigenvalue weighted by Crippen LogP contribution is 2.03. The Hall–Kier alpha value is -1.51.